The van der Waals surface area contributed by atoms with Crippen LogP contribution in [0.2, 0.25) is 0 Å². The quantitative estimate of drug-likeness (QED) is 0.775. The molecule has 0 aliphatic carbocycles. The van der Waals surface area contributed by atoms with Gasteiger partial charge >= 0.3 is 0 Å². The number of hydrogen-bond acceptors (Lipinski definition) is 4. The fraction of sp³-hybridized carbons (Fsp3) is 0.250. The van der Waals surface area contributed by atoms with E-state index in [1.54, 1.807) is 6.26 Å². The van der Waals surface area contributed by atoms with Crippen molar-refractivity contribution >= 4 is 12.4 Å². The zero-order chi connectivity index (χ0) is 16.4. The molecular weight excluding hydrogens is 334 g/mol. The summed E-state index contributed by atoms with van der Waals surface area (Å²) in [5.41, 5.74) is 9.64. The molecule has 1 fully saturated rings. The lowest BCUT2D eigenvalue weighted by atomic mass is 9.95. The Morgan fingerprint density at radius 1 is 1.00 bits per heavy atom. The molecule has 25 heavy (non-hydrogen) atoms. The van der Waals surface area contributed by atoms with Crippen LogP contribution in [-0.2, 0) is 6.54 Å². The van der Waals surface area contributed by atoms with Crippen molar-refractivity contribution in [3.63, 3.8) is 0 Å². The van der Waals surface area contributed by atoms with Gasteiger partial charge < -0.3 is 10.2 Å². The summed E-state index contributed by atoms with van der Waals surface area (Å²) in [5.74, 6) is 1.06. The van der Waals surface area contributed by atoms with Gasteiger partial charge in [-0.25, -0.2) is 4.98 Å². The monoisotopic (exact) mass is 355 g/mol. The predicted molar refractivity (Wildman–Crippen MR) is 102 cm³/mol. The molecule has 0 spiro atoms. The van der Waals surface area contributed by atoms with Crippen LogP contribution in [0.25, 0.3) is 11.5 Å². The van der Waals surface area contributed by atoms with Crippen LogP contribution in [0.15, 0.2) is 71.3 Å². The van der Waals surface area contributed by atoms with Crippen LogP contribution in [0.4, 0.5) is 0 Å². The van der Waals surface area contributed by atoms with Gasteiger partial charge in [0.05, 0.1) is 5.69 Å². The molecule has 2 N–H and O–H groups in total. The average molecular weight is 356 g/mol. The molecule has 2 aromatic carbocycles. The van der Waals surface area contributed by atoms with Crippen LogP contribution in [0.5, 0.6) is 0 Å². The third-order valence-electron chi connectivity index (χ3n) is 4.63. The van der Waals surface area contributed by atoms with Gasteiger partial charge in [-0.3, -0.25) is 4.90 Å². The highest BCUT2D eigenvalue weighted by Crippen LogP contribution is 2.27. The summed E-state index contributed by atoms with van der Waals surface area (Å²) in [4.78, 5) is 6.97. The van der Waals surface area contributed by atoms with Crippen molar-refractivity contribution in [1.82, 2.24) is 9.88 Å². The highest BCUT2D eigenvalue weighted by molar-refractivity contribution is 5.85. The highest BCUT2D eigenvalue weighted by Gasteiger charge is 2.31. The molecule has 0 saturated carbocycles. The first-order valence-corrected chi connectivity index (χ1v) is 8.32. The summed E-state index contributed by atoms with van der Waals surface area (Å²) in [6.45, 7) is 2.61. The number of hydrogen-bond donors (Lipinski definition) is 1. The van der Waals surface area contributed by atoms with Crippen molar-refractivity contribution in [1.29, 1.82) is 0 Å². The van der Waals surface area contributed by atoms with Crippen LogP contribution in [0.3, 0.4) is 0 Å². The van der Waals surface area contributed by atoms with Gasteiger partial charge in [0, 0.05) is 37.2 Å². The standard InChI is InChI=1S/C20H21N3O.ClH/c21-19-13-23(12-18(19)15-7-3-1-4-8-15)11-17-14-24-20(22-17)16-9-5-2-6-10-16;/h1-10,14,18-19H,11-13,21H2;1H/t18-,19+;/m0./s1. The summed E-state index contributed by atoms with van der Waals surface area (Å²) in [5, 5.41) is 0. The topological polar surface area (TPSA) is 55.3 Å². The third kappa shape index (κ3) is 3.93. The molecule has 4 rings (SSSR count). The molecule has 4 nitrogen and oxygen atoms in total. The largest absolute Gasteiger partial charge is 0.444 e. The highest BCUT2D eigenvalue weighted by atomic mass is 35.5. The number of oxazole rings is 1. The van der Waals surface area contributed by atoms with Crippen molar-refractivity contribution < 1.29 is 4.42 Å². The molecule has 1 aliphatic heterocycles. The van der Waals surface area contributed by atoms with E-state index >= 15 is 0 Å². The van der Waals surface area contributed by atoms with E-state index in [4.69, 9.17) is 10.2 Å². The first-order valence-electron chi connectivity index (χ1n) is 8.32. The van der Waals surface area contributed by atoms with Crippen molar-refractivity contribution in [3.8, 4) is 11.5 Å². The second-order valence-electron chi connectivity index (χ2n) is 6.39. The molecule has 1 aromatic heterocycles. The Morgan fingerprint density at radius 2 is 1.68 bits per heavy atom. The lowest BCUT2D eigenvalue weighted by Crippen LogP contribution is -2.28. The van der Waals surface area contributed by atoms with Gasteiger partial charge in [-0.2, -0.15) is 0 Å². The van der Waals surface area contributed by atoms with E-state index in [1.165, 1.54) is 5.56 Å². The number of halogens is 1. The van der Waals surface area contributed by atoms with Gasteiger partial charge in [-0.1, -0.05) is 48.5 Å². The number of aromatic nitrogens is 1. The molecule has 0 radical (unpaired) electrons. The molecule has 1 aliphatic rings. The minimum Gasteiger partial charge on any atom is -0.444 e. The lowest BCUT2D eigenvalue weighted by molar-refractivity contribution is 0.319. The fourth-order valence-corrected chi connectivity index (χ4v) is 3.42. The summed E-state index contributed by atoms with van der Waals surface area (Å²) in [6, 6.07) is 20.7. The Labute approximate surface area is 154 Å². The maximum Gasteiger partial charge on any atom is 0.226 e. The number of nitrogens with two attached hydrogens (primary N) is 1. The molecule has 5 heteroatoms. The van der Waals surface area contributed by atoms with E-state index in [0.717, 1.165) is 30.9 Å². The first-order chi connectivity index (χ1) is 11.8. The molecule has 3 aromatic rings. The zero-order valence-corrected chi connectivity index (χ0v) is 14.7. The first kappa shape index (κ1) is 17.7. The Bertz CT molecular complexity index is 791. The van der Waals surface area contributed by atoms with Gasteiger partial charge in [0.1, 0.15) is 6.26 Å². The predicted octanol–water partition coefficient (Wildman–Crippen LogP) is 3.69. The van der Waals surface area contributed by atoms with Gasteiger partial charge in [0.2, 0.25) is 5.89 Å². The summed E-state index contributed by atoms with van der Waals surface area (Å²) < 4.78 is 5.63. The van der Waals surface area contributed by atoms with Crippen molar-refractivity contribution in [2.24, 2.45) is 5.73 Å². The SMILES string of the molecule is Cl.N[C@@H]1CN(Cc2coc(-c3ccccc3)n2)C[C@H]1c1ccccc1. The Hall–Kier alpha value is -2.14. The van der Waals surface area contributed by atoms with Crippen LogP contribution in [0, 0.1) is 0 Å². The second-order valence-corrected chi connectivity index (χ2v) is 6.39. The fourth-order valence-electron chi connectivity index (χ4n) is 3.42. The van der Waals surface area contributed by atoms with E-state index in [0.29, 0.717) is 11.8 Å². The average Bonchev–Trinajstić information content (AvgIpc) is 3.23. The Kier molecular flexibility index (Phi) is 5.53. The van der Waals surface area contributed by atoms with Crippen LogP contribution < -0.4 is 5.73 Å². The molecule has 0 unspecified atom stereocenters. The van der Waals surface area contributed by atoms with Crippen LogP contribution in [-0.4, -0.2) is 29.0 Å². The van der Waals surface area contributed by atoms with Crippen LogP contribution >= 0.6 is 12.4 Å². The molecule has 1 saturated heterocycles. The van der Waals surface area contributed by atoms with Crippen molar-refractivity contribution in [2.45, 2.75) is 18.5 Å². The molecule has 0 bridgehead atoms. The van der Waals surface area contributed by atoms with E-state index < -0.39 is 0 Å². The molecular formula is C20H22ClN3O. The maximum atomic E-state index is 6.37. The minimum atomic E-state index is 0. The summed E-state index contributed by atoms with van der Waals surface area (Å²) in [7, 11) is 0. The van der Waals surface area contributed by atoms with Gasteiger partial charge in [0.25, 0.3) is 0 Å². The van der Waals surface area contributed by atoms with E-state index in [1.807, 2.05) is 36.4 Å². The Balaban J connectivity index is 0.00000182. The molecule has 2 atom stereocenters. The minimum absolute atomic E-state index is 0. The second kappa shape index (κ2) is 7.83. The number of likely N-dealkylation sites (tertiary alicyclic amines) is 1. The Morgan fingerprint density at radius 3 is 2.40 bits per heavy atom. The zero-order valence-electron chi connectivity index (χ0n) is 13.9. The van der Waals surface area contributed by atoms with E-state index in [-0.39, 0.29) is 18.4 Å². The molecule has 2 heterocycles. The van der Waals surface area contributed by atoms with E-state index in [2.05, 4.69) is 34.1 Å². The normalized spacial score (nSPS) is 20.4. The number of benzene rings is 2. The van der Waals surface area contributed by atoms with Gasteiger partial charge in [-0.15, -0.1) is 12.4 Å². The van der Waals surface area contributed by atoms with Crippen molar-refractivity contribution in [3.05, 3.63) is 78.2 Å². The summed E-state index contributed by atoms with van der Waals surface area (Å²) >= 11 is 0. The summed E-state index contributed by atoms with van der Waals surface area (Å²) in [6.07, 6.45) is 1.75. The lowest BCUT2D eigenvalue weighted by Gasteiger charge is -2.14. The molecule has 0 amide bonds. The smallest absolute Gasteiger partial charge is 0.226 e. The maximum absolute atomic E-state index is 6.37. The third-order valence-corrected chi connectivity index (χ3v) is 4.63. The van der Waals surface area contributed by atoms with Crippen molar-refractivity contribution in [2.75, 3.05) is 13.1 Å². The number of rotatable bonds is 4. The molecule has 130 valence electrons. The van der Waals surface area contributed by atoms with Gasteiger partial charge in [-0.05, 0) is 17.7 Å². The van der Waals surface area contributed by atoms with E-state index in [9.17, 15) is 0 Å². The van der Waals surface area contributed by atoms with Crippen LogP contribution in [0.1, 0.15) is 17.2 Å². The number of nitrogens with zero attached hydrogens (tertiary/aromatic N) is 2. The van der Waals surface area contributed by atoms with Gasteiger partial charge in [0.15, 0.2) is 0 Å².